The molecule has 112 valence electrons. The van der Waals surface area contributed by atoms with Gasteiger partial charge in [-0.1, -0.05) is 19.1 Å². The molecule has 20 heavy (non-hydrogen) atoms. The number of carboxylic acid groups (broad SMARTS) is 1. The third-order valence-electron chi connectivity index (χ3n) is 2.56. The molecule has 1 aromatic heterocycles. The molecule has 0 radical (unpaired) electrons. The highest BCUT2D eigenvalue weighted by Gasteiger charge is 2.13. The van der Waals surface area contributed by atoms with E-state index in [-0.39, 0.29) is 19.1 Å². The number of hydrogen-bond acceptors (Lipinski definition) is 4. The Hall–Kier alpha value is -2.12. The molecule has 0 aliphatic heterocycles. The van der Waals surface area contributed by atoms with E-state index in [1.807, 2.05) is 20.8 Å². The minimum absolute atomic E-state index is 0.158. The van der Waals surface area contributed by atoms with Gasteiger partial charge in [-0.2, -0.15) is 0 Å². The van der Waals surface area contributed by atoms with Gasteiger partial charge in [0.2, 0.25) is 0 Å². The van der Waals surface area contributed by atoms with Crippen LogP contribution in [-0.4, -0.2) is 50.1 Å². The van der Waals surface area contributed by atoms with Gasteiger partial charge in [0.05, 0.1) is 12.7 Å². The van der Waals surface area contributed by atoms with Crippen molar-refractivity contribution in [3.63, 3.8) is 0 Å². The van der Waals surface area contributed by atoms with Crippen molar-refractivity contribution in [1.82, 2.24) is 25.2 Å². The van der Waals surface area contributed by atoms with Crippen LogP contribution < -0.4 is 5.32 Å². The molecular weight excluding hydrogens is 262 g/mol. The van der Waals surface area contributed by atoms with Crippen LogP contribution in [0.2, 0.25) is 0 Å². The zero-order valence-corrected chi connectivity index (χ0v) is 12.0. The van der Waals surface area contributed by atoms with Gasteiger partial charge in [-0.05, 0) is 12.8 Å². The van der Waals surface area contributed by atoms with Crippen LogP contribution in [0.4, 0.5) is 4.79 Å². The molecule has 0 saturated heterocycles. The molecule has 1 heterocycles. The Kier molecular flexibility index (Phi) is 5.95. The molecule has 0 bridgehead atoms. The fraction of sp³-hybridized carbons (Fsp3) is 0.667. The zero-order valence-electron chi connectivity index (χ0n) is 12.0. The average Bonchev–Trinajstić information content (AvgIpc) is 2.79. The Labute approximate surface area is 117 Å². The van der Waals surface area contributed by atoms with Crippen LogP contribution in [0.5, 0.6) is 0 Å². The maximum Gasteiger partial charge on any atom is 0.325 e. The maximum absolute atomic E-state index is 11.9. The van der Waals surface area contributed by atoms with Crippen LogP contribution in [0.1, 0.15) is 26.5 Å². The van der Waals surface area contributed by atoms with Gasteiger partial charge in [0, 0.05) is 13.1 Å². The van der Waals surface area contributed by atoms with Crippen LogP contribution in [0.25, 0.3) is 0 Å². The van der Waals surface area contributed by atoms with Crippen molar-refractivity contribution < 1.29 is 14.7 Å². The van der Waals surface area contributed by atoms with Crippen molar-refractivity contribution in [1.29, 1.82) is 0 Å². The smallest absolute Gasteiger partial charge is 0.325 e. The Morgan fingerprint density at radius 3 is 2.75 bits per heavy atom. The Balaban J connectivity index is 2.47. The van der Waals surface area contributed by atoms with E-state index in [4.69, 9.17) is 5.11 Å². The summed E-state index contributed by atoms with van der Waals surface area (Å²) < 4.78 is 1.22. The van der Waals surface area contributed by atoms with Crippen LogP contribution in [-0.2, 0) is 17.9 Å². The number of carboxylic acids is 1. The molecule has 2 amide bonds. The predicted molar refractivity (Wildman–Crippen MR) is 72.0 cm³/mol. The lowest BCUT2D eigenvalue weighted by Crippen LogP contribution is -2.41. The SMILES string of the molecule is CCN(CC(C)C)C(=O)NCc1cn(CC(=O)O)nn1. The fourth-order valence-electron chi connectivity index (χ4n) is 1.71. The monoisotopic (exact) mass is 283 g/mol. The minimum atomic E-state index is -0.987. The van der Waals surface area contributed by atoms with Crippen LogP contribution in [0, 0.1) is 5.92 Å². The van der Waals surface area contributed by atoms with E-state index in [0.29, 0.717) is 24.7 Å². The number of aromatic nitrogens is 3. The van der Waals surface area contributed by atoms with Crippen LogP contribution >= 0.6 is 0 Å². The summed E-state index contributed by atoms with van der Waals surface area (Å²) in [4.78, 5) is 24.2. The van der Waals surface area contributed by atoms with Crippen LogP contribution in [0.15, 0.2) is 6.20 Å². The summed E-state index contributed by atoms with van der Waals surface area (Å²) in [6.45, 7) is 7.33. The maximum atomic E-state index is 11.9. The first-order chi connectivity index (χ1) is 9.42. The number of urea groups is 1. The molecule has 0 aromatic carbocycles. The first-order valence-corrected chi connectivity index (χ1v) is 6.56. The molecule has 0 atom stereocenters. The second-order valence-corrected chi connectivity index (χ2v) is 4.89. The average molecular weight is 283 g/mol. The lowest BCUT2D eigenvalue weighted by Gasteiger charge is -2.22. The highest BCUT2D eigenvalue weighted by Crippen LogP contribution is 2.00. The number of rotatable bonds is 7. The Morgan fingerprint density at radius 2 is 2.20 bits per heavy atom. The Bertz CT molecular complexity index is 458. The summed E-state index contributed by atoms with van der Waals surface area (Å²) in [5.41, 5.74) is 0.528. The number of carbonyl (C=O) groups is 2. The highest BCUT2D eigenvalue weighted by atomic mass is 16.4. The van der Waals surface area contributed by atoms with E-state index in [1.165, 1.54) is 10.9 Å². The standard InChI is InChI=1S/C12H21N5O3/c1-4-16(6-9(2)3)12(20)13-5-10-7-17(15-14-10)8-11(18)19/h7,9H,4-6,8H2,1-3H3,(H,13,20)(H,18,19). The molecule has 0 fully saturated rings. The predicted octanol–water partition coefficient (Wildman–Crippen LogP) is 0.550. The summed E-state index contributed by atoms with van der Waals surface area (Å²) in [6, 6.07) is -0.158. The van der Waals surface area contributed by atoms with Crippen molar-refractivity contribution in [2.24, 2.45) is 5.92 Å². The summed E-state index contributed by atoms with van der Waals surface area (Å²) in [6.07, 6.45) is 1.51. The van der Waals surface area contributed by atoms with E-state index < -0.39 is 5.97 Å². The van der Waals surface area contributed by atoms with Crippen molar-refractivity contribution >= 4 is 12.0 Å². The van der Waals surface area contributed by atoms with Crippen molar-refractivity contribution in [2.45, 2.75) is 33.9 Å². The number of carbonyl (C=O) groups excluding carboxylic acids is 1. The molecule has 8 nitrogen and oxygen atoms in total. The molecule has 0 unspecified atom stereocenters. The fourth-order valence-corrected chi connectivity index (χ4v) is 1.71. The molecule has 2 N–H and O–H groups in total. The van der Waals surface area contributed by atoms with Gasteiger partial charge in [-0.25, -0.2) is 9.48 Å². The van der Waals surface area contributed by atoms with Crippen molar-refractivity contribution in [3.05, 3.63) is 11.9 Å². The molecule has 0 saturated carbocycles. The first-order valence-electron chi connectivity index (χ1n) is 6.56. The van der Waals surface area contributed by atoms with Crippen molar-refractivity contribution in [2.75, 3.05) is 13.1 Å². The second kappa shape index (κ2) is 7.46. The van der Waals surface area contributed by atoms with Gasteiger partial charge in [0.25, 0.3) is 0 Å². The number of aliphatic carboxylic acids is 1. The molecule has 0 aliphatic rings. The summed E-state index contributed by atoms with van der Waals surface area (Å²) in [7, 11) is 0. The number of amides is 2. The van der Waals surface area contributed by atoms with E-state index in [2.05, 4.69) is 15.6 Å². The third-order valence-corrected chi connectivity index (χ3v) is 2.56. The lowest BCUT2D eigenvalue weighted by atomic mass is 10.2. The van der Waals surface area contributed by atoms with Crippen LogP contribution in [0.3, 0.4) is 0 Å². The second-order valence-electron chi connectivity index (χ2n) is 4.89. The highest BCUT2D eigenvalue weighted by molar-refractivity contribution is 5.74. The molecule has 1 aromatic rings. The van der Waals surface area contributed by atoms with Gasteiger partial charge >= 0.3 is 12.0 Å². The molecule has 0 aliphatic carbocycles. The number of hydrogen-bond donors (Lipinski definition) is 2. The number of nitrogens with one attached hydrogen (secondary N) is 1. The first kappa shape index (κ1) is 15.9. The van der Waals surface area contributed by atoms with E-state index in [0.717, 1.165) is 0 Å². The minimum Gasteiger partial charge on any atom is -0.480 e. The topological polar surface area (TPSA) is 100 Å². The van der Waals surface area contributed by atoms with Crippen molar-refractivity contribution in [3.8, 4) is 0 Å². The largest absolute Gasteiger partial charge is 0.480 e. The van der Waals surface area contributed by atoms with E-state index >= 15 is 0 Å². The third kappa shape index (κ3) is 5.25. The van der Waals surface area contributed by atoms with Gasteiger partial charge < -0.3 is 15.3 Å². The van der Waals surface area contributed by atoms with Gasteiger partial charge in [-0.15, -0.1) is 5.10 Å². The van der Waals surface area contributed by atoms with E-state index in [1.54, 1.807) is 4.90 Å². The quantitative estimate of drug-likeness (QED) is 0.761. The Morgan fingerprint density at radius 1 is 1.50 bits per heavy atom. The summed E-state index contributed by atoms with van der Waals surface area (Å²) >= 11 is 0. The molecule has 1 rings (SSSR count). The van der Waals surface area contributed by atoms with Gasteiger partial charge in [0.15, 0.2) is 0 Å². The normalized spacial score (nSPS) is 10.6. The van der Waals surface area contributed by atoms with E-state index in [9.17, 15) is 9.59 Å². The lowest BCUT2D eigenvalue weighted by molar-refractivity contribution is -0.137. The van der Waals surface area contributed by atoms with Gasteiger partial charge in [-0.3, -0.25) is 4.79 Å². The zero-order chi connectivity index (χ0) is 15.1. The molecule has 0 spiro atoms. The van der Waals surface area contributed by atoms with Gasteiger partial charge in [0.1, 0.15) is 12.2 Å². The number of nitrogens with zero attached hydrogens (tertiary/aromatic N) is 4. The molecular formula is C12H21N5O3. The molecule has 8 heteroatoms. The summed E-state index contributed by atoms with van der Waals surface area (Å²) in [5, 5.41) is 18.8. The summed E-state index contributed by atoms with van der Waals surface area (Å²) in [5.74, 6) is -0.586.